The van der Waals surface area contributed by atoms with E-state index in [0.717, 1.165) is 31.5 Å². The van der Waals surface area contributed by atoms with Crippen molar-refractivity contribution in [3.05, 3.63) is 53.5 Å². The molecule has 0 saturated carbocycles. The maximum absolute atomic E-state index is 14.6. The fourth-order valence-electron chi connectivity index (χ4n) is 4.03. The first-order valence-electron chi connectivity index (χ1n) is 10.5. The quantitative estimate of drug-likeness (QED) is 0.636. The van der Waals surface area contributed by atoms with Crippen molar-refractivity contribution in [2.24, 2.45) is 0 Å². The van der Waals surface area contributed by atoms with E-state index in [1.54, 1.807) is 12.1 Å². The number of hydrogen-bond donors (Lipinski definition) is 1. The lowest BCUT2D eigenvalue weighted by molar-refractivity contribution is 0.0806. The van der Waals surface area contributed by atoms with E-state index in [0.29, 0.717) is 12.1 Å². The molecule has 3 aromatic rings. The molecule has 1 N–H and O–H groups in total. The van der Waals surface area contributed by atoms with Crippen molar-refractivity contribution in [1.29, 1.82) is 0 Å². The Morgan fingerprint density at radius 3 is 2.69 bits per heavy atom. The second kappa shape index (κ2) is 7.23. The van der Waals surface area contributed by atoms with Gasteiger partial charge in [-0.05, 0) is 50.8 Å². The van der Waals surface area contributed by atoms with Gasteiger partial charge >= 0.3 is 5.91 Å². The van der Waals surface area contributed by atoms with Crippen molar-refractivity contribution in [3.8, 4) is 5.75 Å². The predicted octanol–water partition coefficient (Wildman–Crippen LogP) is 4.00. The molecule has 0 unspecified atom stereocenters. The standard InChI is InChI=1S/C23H23FN2O5S/c1-23(2)8-7-14-5-3-6-20(21(14)31-23)32(28,29)25-22(27)19-13-16-17(24)11-15(12-18(16)30-19)26-9-4-10-26/h3,5-6,11-13H,4,7-10H2,1-2H3,(H,25,27). The third kappa shape index (κ3) is 3.60. The molecular formula is C23H23FN2O5S. The number of carbonyl (C=O) groups is 1. The smallest absolute Gasteiger partial charge is 0.300 e. The average molecular weight is 459 g/mol. The highest BCUT2D eigenvalue weighted by atomic mass is 32.2. The summed E-state index contributed by atoms with van der Waals surface area (Å²) in [4.78, 5) is 14.6. The molecule has 2 aliphatic rings. The Balaban J connectivity index is 1.45. The van der Waals surface area contributed by atoms with Crippen LogP contribution in [0.15, 0.2) is 45.7 Å². The van der Waals surface area contributed by atoms with Crippen molar-refractivity contribution in [2.75, 3.05) is 18.0 Å². The predicted molar refractivity (Wildman–Crippen MR) is 117 cm³/mol. The Labute approximate surface area is 185 Å². The summed E-state index contributed by atoms with van der Waals surface area (Å²) >= 11 is 0. The summed E-state index contributed by atoms with van der Waals surface area (Å²) in [6.45, 7) is 5.43. The summed E-state index contributed by atoms with van der Waals surface area (Å²) < 4.78 is 54.1. The van der Waals surface area contributed by atoms with E-state index in [1.165, 1.54) is 18.2 Å². The summed E-state index contributed by atoms with van der Waals surface area (Å²) in [5.41, 5.74) is 1.11. The van der Waals surface area contributed by atoms with Crippen molar-refractivity contribution in [3.63, 3.8) is 0 Å². The molecule has 0 bridgehead atoms. The molecule has 1 aromatic heterocycles. The van der Waals surface area contributed by atoms with Crippen LogP contribution in [0.25, 0.3) is 11.0 Å². The molecule has 7 nitrogen and oxygen atoms in total. The lowest BCUT2D eigenvalue weighted by Crippen LogP contribution is -2.36. The number of sulfonamides is 1. The van der Waals surface area contributed by atoms with Gasteiger partial charge in [0.05, 0.1) is 5.39 Å². The van der Waals surface area contributed by atoms with Gasteiger partial charge in [0.1, 0.15) is 27.6 Å². The van der Waals surface area contributed by atoms with Gasteiger partial charge in [-0.15, -0.1) is 0 Å². The third-order valence-electron chi connectivity index (χ3n) is 5.97. The number of rotatable bonds is 4. The fourth-order valence-corrected chi connectivity index (χ4v) is 5.16. The van der Waals surface area contributed by atoms with Crippen molar-refractivity contribution in [1.82, 2.24) is 4.72 Å². The van der Waals surface area contributed by atoms with E-state index >= 15 is 0 Å². The van der Waals surface area contributed by atoms with E-state index in [1.807, 2.05) is 29.5 Å². The summed E-state index contributed by atoms with van der Waals surface area (Å²) in [5, 5.41) is 0.124. The Morgan fingerprint density at radius 1 is 1.19 bits per heavy atom. The zero-order valence-corrected chi connectivity index (χ0v) is 18.6. The van der Waals surface area contributed by atoms with Crippen LogP contribution in [0.5, 0.6) is 5.75 Å². The number of fused-ring (bicyclic) bond motifs is 2. The number of aryl methyl sites for hydroxylation is 1. The van der Waals surface area contributed by atoms with Crippen LogP contribution in [-0.2, 0) is 16.4 Å². The normalized spacial score (nSPS) is 17.4. The first-order chi connectivity index (χ1) is 15.1. The highest BCUT2D eigenvalue weighted by Gasteiger charge is 2.33. The lowest BCUT2D eigenvalue weighted by Gasteiger charge is -2.33. The van der Waals surface area contributed by atoms with Gasteiger partial charge in [-0.1, -0.05) is 12.1 Å². The highest BCUT2D eigenvalue weighted by molar-refractivity contribution is 7.90. The van der Waals surface area contributed by atoms with E-state index < -0.39 is 27.3 Å². The largest absolute Gasteiger partial charge is 0.486 e. The molecule has 0 spiro atoms. The van der Waals surface area contributed by atoms with Crippen LogP contribution in [-0.4, -0.2) is 33.0 Å². The second-order valence-corrected chi connectivity index (χ2v) is 10.5. The van der Waals surface area contributed by atoms with Crippen LogP contribution in [0.4, 0.5) is 10.1 Å². The van der Waals surface area contributed by atoms with Gasteiger partial charge in [0, 0.05) is 30.9 Å². The van der Waals surface area contributed by atoms with Crippen LogP contribution in [0.2, 0.25) is 0 Å². The number of nitrogens with zero attached hydrogens (tertiary/aromatic N) is 1. The van der Waals surface area contributed by atoms with Crippen LogP contribution >= 0.6 is 0 Å². The van der Waals surface area contributed by atoms with E-state index in [-0.39, 0.29) is 27.4 Å². The number of benzene rings is 2. The van der Waals surface area contributed by atoms with Crippen LogP contribution in [0.3, 0.4) is 0 Å². The van der Waals surface area contributed by atoms with Crippen molar-refractivity contribution in [2.45, 2.75) is 43.6 Å². The second-order valence-electron chi connectivity index (χ2n) is 8.83. The third-order valence-corrected chi connectivity index (χ3v) is 7.32. The zero-order valence-electron chi connectivity index (χ0n) is 17.8. The fraction of sp³-hybridized carbons (Fsp3) is 0.348. The Hall–Kier alpha value is -3.07. The molecule has 168 valence electrons. The number of para-hydroxylation sites is 1. The van der Waals surface area contributed by atoms with Gasteiger partial charge in [0.15, 0.2) is 5.76 Å². The summed E-state index contributed by atoms with van der Waals surface area (Å²) in [7, 11) is -4.25. The topological polar surface area (TPSA) is 88.9 Å². The number of furan rings is 1. The van der Waals surface area contributed by atoms with Crippen LogP contribution in [0.1, 0.15) is 42.8 Å². The maximum atomic E-state index is 14.6. The maximum Gasteiger partial charge on any atom is 0.300 e. The molecule has 2 aliphatic heterocycles. The van der Waals surface area contributed by atoms with Gasteiger partial charge in [-0.25, -0.2) is 17.5 Å². The molecule has 0 radical (unpaired) electrons. The first-order valence-corrected chi connectivity index (χ1v) is 12.0. The molecule has 3 heterocycles. The highest BCUT2D eigenvalue weighted by Crippen LogP contribution is 2.38. The molecule has 5 rings (SSSR count). The summed E-state index contributed by atoms with van der Waals surface area (Å²) in [6.07, 6.45) is 2.45. The number of halogens is 1. The summed E-state index contributed by atoms with van der Waals surface area (Å²) in [6, 6.07) is 9.09. The Morgan fingerprint density at radius 2 is 1.97 bits per heavy atom. The molecule has 1 amide bonds. The van der Waals surface area contributed by atoms with Gasteiger partial charge in [0.25, 0.3) is 10.0 Å². The Bertz CT molecular complexity index is 1340. The minimum absolute atomic E-state index is 0.113. The zero-order chi connectivity index (χ0) is 22.7. The van der Waals surface area contributed by atoms with Gasteiger partial charge in [0.2, 0.25) is 0 Å². The Kier molecular flexibility index (Phi) is 4.70. The molecule has 32 heavy (non-hydrogen) atoms. The number of anilines is 1. The van der Waals surface area contributed by atoms with Crippen LogP contribution in [0, 0.1) is 5.82 Å². The molecule has 1 fully saturated rings. The van der Waals surface area contributed by atoms with E-state index in [9.17, 15) is 17.6 Å². The lowest BCUT2D eigenvalue weighted by atomic mass is 9.94. The first kappa shape index (κ1) is 20.8. The monoisotopic (exact) mass is 458 g/mol. The van der Waals surface area contributed by atoms with E-state index in [2.05, 4.69) is 0 Å². The van der Waals surface area contributed by atoms with E-state index in [4.69, 9.17) is 9.15 Å². The molecule has 1 saturated heterocycles. The minimum Gasteiger partial charge on any atom is -0.486 e. The molecular weight excluding hydrogens is 435 g/mol. The van der Waals surface area contributed by atoms with Gasteiger partial charge < -0.3 is 14.1 Å². The SMILES string of the molecule is CC1(C)CCc2cccc(S(=O)(=O)NC(=O)c3cc4c(F)cc(N5CCC5)cc4o3)c2O1. The molecule has 9 heteroatoms. The van der Waals surface area contributed by atoms with Crippen molar-refractivity contribution >= 4 is 32.6 Å². The van der Waals surface area contributed by atoms with Gasteiger partial charge in [-0.2, -0.15) is 0 Å². The molecule has 2 aromatic carbocycles. The van der Waals surface area contributed by atoms with Gasteiger partial charge in [-0.3, -0.25) is 4.79 Å². The minimum atomic E-state index is -4.25. The van der Waals surface area contributed by atoms with Crippen LogP contribution < -0.4 is 14.4 Å². The summed E-state index contributed by atoms with van der Waals surface area (Å²) in [5.74, 6) is -1.53. The molecule has 0 aliphatic carbocycles. The van der Waals surface area contributed by atoms with Crippen molar-refractivity contribution < 1.29 is 26.8 Å². The number of amides is 1. The number of hydrogen-bond acceptors (Lipinski definition) is 6. The number of carbonyl (C=O) groups excluding carboxylic acids is 1. The number of nitrogens with one attached hydrogen (secondary N) is 1. The average Bonchev–Trinajstić information content (AvgIpc) is 3.10. The molecule has 0 atom stereocenters. The number of ether oxygens (including phenoxy) is 1.